The van der Waals surface area contributed by atoms with Crippen molar-refractivity contribution in [2.45, 2.75) is 46.5 Å². The summed E-state index contributed by atoms with van der Waals surface area (Å²) in [5.41, 5.74) is 0.853. The number of fused-ring (bicyclic) bond motifs is 1. The van der Waals surface area contributed by atoms with Gasteiger partial charge in [-0.2, -0.15) is 0 Å². The molecule has 0 saturated carbocycles. The van der Waals surface area contributed by atoms with Gasteiger partial charge in [0, 0.05) is 49.9 Å². The Kier molecular flexibility index (Phi) is 8.02. The molecule has 202 valence electrons. The van der Waals surface area contributed by atoms with Gasteiger partial charge in [0.05, 0.1) is 12.9 Å². The molecule has 0 spiro atoms. The third-order valence-corrected chi connectivity index (χ3v) is 7.31. The van der Waals surface area contributed by atoms with Crippen molar-refractivity contribution < 1.29 is 19.5 Å². The van der Waals surface area contributed by atoms with Gasteiger partial charge in [-0.15, -0.1) is 11.3 Å². The maximum atomic E-state index is 13.2. The molecule has 3 aromatic rings. The Morgan fingerprint density at radius 3 is 2.50 bits per heavy atom. The Balaban J connectivity index is 1.50. The van der Waals surface area contributed by atoms with E-state index >= 15 is 0 Å². The number of amides is 2. The molecular weight excluding hydrogens is 510 g/mol. The number of rotatable bonds is 10. The Morgan fingerprint density at radius 2 is 1.87 bits per heavy atom. The number of imidazole rings is 1. The van der Waals surface area contributed by atoms with Crippen LogP contribution in [-0.2, 0) is 9.59 Å². The molecule has 0 bridgehead atoms. The predicted octanol–water partition coefficient (Wildman–Crippen LogP) is 1.99. The van der Waals surface area contributed by atoms with Crippen LogP contribution in [-0.4, -0.2) is 85.1 Å². The van der Waals surface area contributed by atoms with Gasteiger partial charge in [0.15, 0.2) is 17.3 Å². The summed E-state index contributed by atoms with van der Waals surface area (Å²) in [7, 11) is 1.57. The molecule has 0 saturated heterocycles. The highest BCUT2D eigenvalue weighted by molar-refractivity contribution is 7.13. The lowest BCUT2D eigenvalue weighted by Crippen LogP contribution is -2.56. The normalized spacial score (nSPS) is 15.8. The van der Waals surface area contributed by atoms with Crippen LogP contribution in [0.4, 0.5) is 17.6 Å². The minimum absolute atomic E-state index is 0.119. The van der Waals surface area contributed by atoms with Crippen molar-refractivity contribution in [3.8, 4) is 10.6 Å². The van der Waals surface area contributed by atoms with Crippen LogP contribution in [0.5, 0.6) is 0 Å². The molecule has 2 atom stereocenters. The van der Waals surface area contributed by atoms with Crippen molar-refractivity contribution in [2.24, 2.45) is 0 Å². The average molecular weight is 542 g/mol. The summed E-state index contributed by atoms with van der Waals surface area (Å²) in [6.45, 7) is 8.76. The summed E-state index contributed by atoms with van der Waals surface area (Å²) < 4.78 is 1.44. The maximum Gasteiger partial charge on any atom is 0.278 e. The van der Waals surface area contributed by atoms with Crippen LogP contribution >= 0.6 is 11.3 Å². The Labute approximate surface area is 224 Å². The summed E-state index contributed by atoms with van der Waals surface area (Å²) >= 11 is 1.35. The summed E-state index contributed by atoms with van der Waals surface area (Å²) in [5, 5.41) is 15.7. The topological polar surface area (TPSA) is 150 Å². The van der Waals surface area contributed by atoms with E-state index in [1.807, 2.05) is 18.7 Å². The van der Waals surface area contributed by atoms with E-state index in [0.29, 0.717) is 16.8 Å². The lowest BCUT2D eigenvalue weighted by atomic mass is 10.2. The molecule has 14 heteroatoms. The number of hydrogen-bond acceptors (Lipinski definition) is 11. The summed E-state index contributed by atoms with van der Waals surface area (Å²) in [4.78, 5) is 60.4. The minimum Gasteiger partial charge on any atom is -0.356 e. The number of anilines is 3. The quantitative estimate of drug-likeness (QED) is 0.390. The number of carbonyl (C=O) groups excluding carboxylic acids is 3. The van der Waals surface area contributed by atoms with Crippen molar-refractivity contribution in [1.29, 1.82) is 0 Å². The SMILES string of the molecule is CCC(=O)CN1C(=O)c2c(ncn2[C@@H](C)C(=O)Nc2csc(-c3cnc(N(CC)CC)nc3)n2)N(C)C1O. The minimum atomic E-state index is -1.34. The molecule has 1 unspecified atom stereocenters. The van der Waals surface area contributed by atoms with Crippen LogP contribution in [0.15, 0.2) is 24.1 Å². The standard InChI is InChI=1S/C24H31N9O4S/c1-6-16(34)11-32-22(36)18-19(30(5)24(32)37)27-13-33(18)14(4)20(35)28-17-12-38-21(29-17)15-9-25-23(26-10-15)31(7-2)8-3/h9-10,12-14,24,37H,6-8,11H2,1-5H3,(H,28,35)/t14-,24?/m0/s1. The van der Waals surface area contributed by atoms with Gasteiger partial charge in [-0.05, 0) is 20.8 Å². The van der Waals surface area contributed by atoms with Crippen molar-refractivity contribution in [1.82, 2.24) is 29.4 Å². The van der Waals surface area contributed by atoms with Gasteiger partial charge in [0.25, 0.3) is 5.91 Å². The van der Waals surface area contributed by atoms with Gasteiger partial charge in [-0.3, -0.25) is 19.3 Å². The second-order valence-electron chi connectivity index (χ2n) is 8.75. The van der Waals surface area contributed by atoms with E-state index in [9.17, 15) is 19.5 Å². The van der Waals surface area contributed by atoms with E-state index in [1.54, 1.807) is 38.7 Å². The summed E-state index contributed by atoms with van der Waals surface area (Å²) in [6, 6.07) is -0.829. The number of nitrogens with one attached hydrogen (secondary N) is 1. The van der Waals surface area contributed by atoms with Gasteiger partial charge in [-0.25, -0.2) is 19.9 Å². The molecule has 2 amide bonds. The zero-order valence-corrected chi connectivity index (χ0v) is 22.8. The Morgan fingerprint density at radius 1 is 1.18 bits per heavy atom. The number of aliphatic hydroxyl groups is 1. The molecule has 0 fully saturated rings. The number of Topliss-reactive ketones (excluding diaryl/α,β-unsaturated/α-hetero) is 1. The molecule has 1 aliphatic heterocycles. The van der Waals surface area contributed by atoms with E-state index in [0.717, 1.165) is 23.6 Å². The zero-order chi connectivity index (χ0) is 27.6. The van der Waals surface area contributed by atoms with Crippen molar-refractivity contribution in [3.63, 3.8) is 0 Å². The highest BCUT2D eigenvalue weighted by atomic mass is 32.1. The lowest BCUT2D eigenvalue weighted by molar-refractivity contribution is -0.122. The molecule has 38 heavy (non-hydrogen) atoms. The number of ketones is 1. The van der Waals surface area contributed by atoms with E-state index in [1.165, 1.54) is 27.1 Å². The number of aliphatic hydroxyl groups excluding tert-OH is 1. The Hall–Kier alpha value is -3.91. The maximum absolute atomic E-state index is 13.2. The van der Waals surface area contributed by atoms with Crippen molar-refractivity contribution in [3.05, 3.63) is 29.8 Å². The third kappa shape index (κ3) is 5.09. The molecule has 4 heterocycles. The summed E-state index contributed by atoms with van der Waals surface area (Å²) in [6.07, 6.45) is 3.68. The van der Waals surface area contributed by atoms with E-state index in [4.69, 9.17) is 0 Å². The summed E-state index contributed by atoms with van der Waals surface area (Å²) in [5.74, 6) is 0.0518. The molecular formula is C24H31N9O4S. The number of thiazole rings is 1. The average Bonchev–Trinajstić information content (AvgIpc) is 3.58. The first-order valence-electron chi connectivity index (χ1n) is 12.3. The lowest BCUT2D eigenvalue weighted by Gasteiger charge is -2.38. The van der Waals surface area contributed by atoms with Crippen LogP contribution in [0, 0.1) is 0 Å². The largest absolute Gasteiger partial charge is 0.356 e. The van der Waals surface area contributed by atoms with Gasteiger partial charge in [-0.1, -0.05) is 6.92 Å². The molecule has 4 rings (SSSR count). The molecule has 1 aliphatic rings. The van der Waals surface area contributed by atoms with Gasteiger partial charge < -0.3 is 24.8 Å². The molecule has 2 N–H and O–H groups in total. The molecule has 0 aromatic carbocycles. The molecule has 0 radical (unpaired) electrons. The van der Waals surface area contributed by atoms with E-state index < -0.39 is 24.2 Å². The first-order valence-corrected chi connectivity index (χ1v) is 13.2. The fraction of sp³-hybridized carbons (Fsp3) is 0.458. The van der Waals surface area contributed by atoms with Gasteiger partial charge in [0.2, 0.25) is 18.2 Å². The van der Waals surface area contributed by atoms with E-state index in [2.05, 4.69) is 25.3 Å². The van der Waals surface area contributed by atoms with Crippen LogP contribution < -0.4 is 15.1 Å². The fourth-order valence-corrected chi connectivity index (χ4v) is 4.77. The monoisotopic (exact) mass is 541 g/mol. The van der Waals surface area contributed by atoms with Crippen molar-refractivity contribution >= 4 is 46.5 Å². The van der Waals surface area contributed by atoms with E-state index in [-0.39, 0.29) is 30.3 Å². The third-order valence-electron chi connectivity index (χ3n) is 6.42. The number of carbonyl (C=O) groups is 3. The zero-order valence-electron chi connectivity index (χ0n) is 22.0. The van der Waals surface area contributed by atoms with Crippen LogP contribution in [0.25, 0.3) is 10.6 Å². The smallest absolute Gasteiger partial charge is 0.278 e. The molecule has 0 aliphatic carbocycles. The first kappa shape index (κ1) is 27.1. The fourth-order valence-electron chi connectivity index (χ4n) is 4.05. The van der Waals surface area contributed by atoms with Crippen LogP contribution in [0.2, 0.25) is 0 Å². The predicted molar refractivity (Wildman–Crippen MR) is 143 cm³/mol. The number of hydrogen-bond donors (Lipinski definition) is 2. The van der Waals surface area contributed by atoms with Gasteiger partial charge in [0.1, 0.15) is 16.9 Å². The highest BCUT2D eigenvalue weighted by Crippen LogP contribution is 2.31. The van der Waals surface area contributed by atoms with Crippen LogP contribution in [0.1, 0.15) is 50.6 Å². The van der Waals surface area contributed by atoms with Crippen molar-refractivity contribution in [2.75, 3.05) is 41.8 Å². The second kappa shape index (κ2) is 11.2. The molecule has 13 nitrogen and oxygen atoms in total. The molecule has 3 aromatic heterocycles. The van der Waals surface area contributed by atoms with Gasteiger partial charge >= 0.3 is 0 Å². The number of nitrogens with zero attached hydrogens (tertiary/aromatic N) is 8. The first-order chi connectivity index (χ1) is 18.2. The van der Waals surface area contributed by atoms with Crippen LogP contribution in [0.3, 0.4) is 0 Å². The Bertz CT molecular complexity index is 1320. The number of aromatic nitrogens is 5. The highest BCUT2D eigenvalue weighted by Gasteiger charge is 2.40. The second-order valence-corrected chi connectivity index (χ2v) is 9.61.